The van der Waals surface area contributed by atoms with E-state index in [1.165, 1.54) is 12.8 Å². The molecule has 1 saturated carbocycles. The number of hydrogen-bond acceptors (Lipinski definition) is 4. The van der Waals surface area contributed by atoms with Gasteiger partial charge in [-0.25, -0.2) is 15.0 Å². The van der Waals surface area contributed by atoms with Crippen LogP contribution in [0.2, 0.25) is 0 Å². The fourth-order valence-electron chi connectivity index (χ4n) is 2.20. The van der Waals surface area contributed by atoms with Gasteiger partial charge in [-0.1, -0.05) is 0 Å². The van der Waals surface area contributed by atoms with Crippen LogP contribution in [0.15, 0.2) is 18.6 Å². The molecule has 0 aliphatic heterocycles. The molecule has 0 saturated heterocycles. The van der Waals surface area contributed by atoms with Crippen LogP contribution in [0.4, 0.5) is 5.82 Å². The maximum Gasteiger partial charge on any atom is 0.180 e. The lowest BCUT2D eigenvalue weighted by Gasteiger charge is -2.09. The molecule has 0 amide bonds. The monoisotopic (exact) mass is 257 g/mol. The van der Waals surface area contributed by atoms with Gasteiger partial charge in [0.05, 0.1) is 12.5 Å². The molecule has 2 heterocycles. The minimum Gasteiger partial charge on any atom is -0.370 e. The number of hydrogen-bond donors (Lipinski definition) is 1. The Morgan fingerprint density at radius 1 is 1.32 bits per heavy atom. The van der Waals surface area contributed by atoms with E-state index in [2.05, 4.69) is 39.8 Å². The van der Waals surface area contributed by atoms with Gasteiger partial charge in [0.25, 0.3) is 0 Å². The van der Waals surface area contributed by atoms with Gasteiger partial charge in [-0.15, -0.1) is 0 Å². The van der Waals surface area contributed by atoms with Gasteiger partial charge in [0.1, 0.15) is 11.5 Å². The maximum atomic E-state index is 4.72. The average Bonchev–Trinajstić information content (AvgIpc) is 3.16. The highest BCUT2D eigenvalue weighted by molar-refractivity contribution is 5.53. The standard InChI is InChI=1S/C14H19N5/c1-3-16-13-7-11(10-5-6-10)17-14(18-13)12-8-15-9-19(12)4-2/h7-10H,3-6H2,1-2H3,(H,16,17,18). The molecule has 0 atom stereocenters. The quantitative estimate of drug-likeness (QED) is 0.894. The minimum atomic E-state index is 0.622. The highest BCUT2D eigenvalue weighted by Gasteiger charge is 2.26. The summed E-state index contributed by atoms with van der Waals surface area (Å²) in [4.78, 5) is 13.5. The summed E-state index contributed by atoms with van der Waals surface area (Å²) in [6, 6.07) is 2.08. The van der Waals surface area contributed by atoms with Crippen LogP contribution in [0, 0.1) is 0 Å². The van der Waals surface area contributed by atoms with Crippen molar-refractivity contribution in [2.75, 3.05) is 11.9 Å². The van der Waals surface area contributed by atoms with Crippen LogP contribution in [0.1, 0.15) is 38.3 Å². The molecule has 3 rings (SSSR count). The Morgan fingerprint density at radius 3 is 2.84 bits per heavy atom. The van der Waals surface area contributed by atoms with Crippen molar-refractivity contribution in [3.05, 3.63) is 24.3 Å². The SMILES string of the molecule is CCNc1cc(C2CC2)nc(-c2cncn2CC)n1. The topological polar surface area (TPSA) is 55.6 Å². The van der Waals surface area contributed by atoms with Gasteiger partial charge in [-0.3, -0.25) is 0 Å². The molecule has 0 radical (unpaired) electrons. The maximum absolute atomic E-state index is 4.72. The Labute approximate surface area is 113 Å². The Balaban J connectivity index is 2.04. The van der Waals surface area contributed by atoms with E-state index in [0.29, 0.717) is 5.92 Å². The Bertz CT molecular complexity index is 571. The lowest BCUT2D eigenvalue weighted by Crippen LogP contribution is -2.05. The number of imidazole rings is 1. The van der Waals surface area contributed by atoms with Gasteiger partial charge in [0.2, 0.25) is 0 Å². The number of aryl methyl sites for hydroxylation is 1. The first-order valence-corrected chi connectivity index (χ1v) is 6.95. The molecule has 0 spiro atoms. The Kier molecular flexibility index (Phi) is 3.19. The number of aromatic nitrogens is 4. The minimum absolute atomic E-state index is 0.622. The molecule has 1 N–H and O–H groups in total. The molecule has 19 heavy (non-hydrogen) atoms. The van der Waals surface area contributed by atoms with Gasteiger partial charge in [-0.05, 0) is 26.7 Å². The summed E-state index contributed by atoms with van der Waals surface area (Å²) in [5.41, 5.74) is 2.15. The molecule has 2 aromatic heterocycles. The third-order valence-corrected chi connectivity index (χ3v) is 3.38. The number of rotatable bonds is 5. The van der Waals surface area contributed by atoms with Crippen LogP contribution in [-0.2, 0) is 6.54 Å². The predicted octanol–water partition coefficient (Wildman–Crippen LogP) is 2.67. The number of anilines is 1. The summed E-state index contributed by atoms with van der Waals surface area (Å²) in [6.45, 7) is 5.92. The predicted molar refractivity (Wildman–Crippen MR) is 75.1 cm³/mol. The summed E-state index contributed by atoms with van der Waals surface area (Å²) >= 11 is 0. The first-order valence-electron chi connectivity index (χ1n) is 6.95. The van der Waals surface area contributed by atoms with Gasteiger partial charge in [-0.2, -0.15) is 0 Å². The van der Waals surface area contributed by atoms with Crippen LogP contribution in [0.25, 0.3) is 11.5 Å². The Hall–Kier alpha value is -1.91. The molecule has 100 valence electrons. The molecule has 5 heteroatoms. The number of nitrogens with zero attached hydrogens (tertiary/aromatic N) is 4. The van der Waals surface area contributed by atoms with Crippen molar-refractivity contribution in [2.24, 2.45) is 0 Å². The molecular formula is C14H19N5. The molecule has 1 fully saturated rings. The third kappa shape index (κ3) is 2.45. The van der Waals surface area contributed by atoms with E-state index in [1.54, 1.807) is 0 Å². The summed E-state index contributed by atoms with van der Waals surface area (Å²) < 4.78 is 2.07. The normalized spacial score (nSPS) is 14.6. The Morgan fingerprint density at radius 2 is 2.16 bits per heavy atom. The molecule has 5 nitrogen and oxygen atoms in total. The van der Waals surface area contributed by atoms with Crippen LogP contribution in [-0.4, -0.2) is 26.1 Å². The fraction of sp³-hybridized carbons (Fsp3) is 0.500. The van der Waals surface area contributed by atoms with Gasteiger partial charge >= 0.3 is 0 Å². The van der Waals surface area contributed by atoms with E-state index in [0.717, 1.165) is 36.1 Å². The molecular weight excluding hydrogens is 238 g/mol. The summed E-state index contributed by atoms with van der Waals surface area (Å²) in [5, 5.41) is 3.29. The molecule has 1 aliphatic rings. The lowest BCUT2D eigenvalue weighted by atomic mass is 10.2. The van der Waals surface area contributed by atoms with E-state index in [1.807, 2.05) is 12.5 Å². The van der Waals surface area contributed by atoms with E-state index < -0.39 is 0 Å². The van der Waals surface area contributed by atoms with E-state index in [4.69, 9.17) is 4.98 Å². The number of nitrogens with one attached hydrogen (secondary N) is 1. The van der Waals surface area contributed by atoms with Gasteiger partial charge in [0.15, 0.2) is 5.82 Å². The van der Waals surface area contributed by atoms with Crippen molar-refractivity contribution in [3.63, 3.8) is 0 Å². The van der Waals surface area contributed by atoms with Crippen LogP contribution < -0.4 is 5.32 Å². The average molecular weight is 257 g/mol. The first-order chi connectivity index (χ1) is 9.31. The zero-order valence-corrected chi connectivity index (χ0v) is 11.4. The smallest absolute Gasteiger partial charge is 0.180 e. The van der Waals surface area contributed by atoms with Crippen molar-refractivity contribution in [2.45, 2.75) is 39.2 Å². The van der Waals surface area contributed by atoms with Crippen LogP contribution >= 0.6 is 0 Å². The third-order valence-electron chi connectivity index (χ3n) is 3.38. The van der Waals surface area contributed by atoms with E-state index in [-0.39, 0.29) is 0 Å². The van der Waals surface area contributed by atoms with Crippen molar-refractivity contribution in [1.29, 1.82) is 0 Å². The molecule has 0 unspecified atom stereocenters. The van der Waals surface area contributed by atoms with Gasteiger partial charge in [0, 0.05) is 30.8 Å². The summed E-state index contributed by atoms with van der Waals surface area (Å²) in [6.07, 6.45) is 6.16. The van der Waals surface area contributed by atoms with Crippen molar-refractivity contribution in [1.82, 2.24) is 19.5 Å². The molecule has 1 aliphatic carbocycles. The second-order valence-corrected chi connectivity index (χ2v) is 4.87. The van der Waals surface area contributed by atoms with E-state index >= 15 is 0 Å². The molecule has 0 bridgehead atoms. The zero-order valence-electron chi connectivity index (χ0n) is 11.4. The summed E-state index contributed by atoms with van der Waals surface area (Å²) in [7, 11) is 0. The van der Waals surface area contributed by atoms with Crippen molar-refractivity contribution >= 4 is 5.82 Å². The second-order valence-electron chi connectivity index (χ2n) is 4.87. The van der Waals surface area contributed by atoms with E-state index in [9.17, 15) is 0 Å². The largest absolute Gasteiger partial charge is 0.370 e. The molecule has 0 aromatic carbocycles. The zero-order chi connectivity index (χ0) is 13.2. The highest BCUT2D eigenvalue weighted by atomic mass is 15.1. The van der Waals surface area contributed by atoms with Crippen LogP contribution in [0.3, 0.4) is 0 Å². The van der Waals surface area contributed by atoms with Crippen molar-refractivity contribution in [3.8, 4) is 11.5 Å². The van der Waals surface area contributed by atoms with Crippen LogP contribution in [0.5, 0.6) is 0 Å². The fourth-order valence-corrected chi connectivity index (χ4v) is 2.20. The summed E-state index contributed by atoms with van der Waals surface area (Å²) in [5.74, 6) is 2.31. The lowest BCUT2D eigenvalue weighted by molar-refractivity contribution is 0.762. The van der Waals surface area contributed by atoms with Gasteiger partial charge < -0.3 is 9.88 Å². The first kappa shape index (κ1) is 12.1. The molecule has 2 aromatic rings. The highest BCUT2D eigenvalue weighted by Crippen LogP contribution is 2.40. The second kappa shape index (κ2) is 4.99. The van der Waals surface area contributed by atoms with Crippen molar-refractivity contribution < 1.29 is 0 Å².